The van der Waals surface area contributed by atoms with Gasteiger partial charge in [-0.1, -0.05) is 6.07 Å². The minimum absolute atomic E-state index is 0.0252. The zero-order valence-electron chi connectivity index (χ0n) is 14.5. The maximum atomic E-state index is 12.7. The molecule has 28 heavy (non-hydrogen) atoms. The Kier molecular flexibility index (Phi) is 5.34. The summed E-state index contributed by atoms with van der Waals surface area (Å²) in [6.45, 7) is 0.629. The van der Waals surface area contributed by atoms with Crippen LogP contribution >= 0.6 is 0 Å². The van der Waals surface area contributed by atoms with Crippen LogP contribution in [-0.2, 0) is 20.6 Å². The summed E-state index contributed by atoms with van der Waals surface area (Å²) in [5, 5.41) is 4.49. The number of amides is 3. The van der Waals surface area contributed by atoms with Gasteiger partial charge in [0.05, 0.1) is 5.56 Å². The molecule has 1 aliphatic rings. The number of carbonyl (C=O) groups excluding carboxylic acids is 3. The first-order chi connectivity index (χ1) is 13.2. The van der Waals surface area contributed by atoms with Crippen LogP contribution in [0.4, 0.5) is 30.2 Å². The average Bonchev–Trinajstić information content (AvgIpc) is 3.08. The first-order valence-electron chi connectivity index (χ1n) is 8.44. The van der Waals surface area contributed by atoms with Gasteiger partial charge in [0.2, 0.25) is 5.91 Å². The molecule has 0 aliphatic carbocycles. The number of hydrogen-bond acceptors (Lipinski definition) is 3. The van der Waals surface area contributed by atoms with Crippen LogP contribution in [0.3, 0.4) is 0 Å². The monoisotopic (exact) mass is 391 g/mol. The second-order valence-electron chi connectivity index (χ2n) is 6.18. The lowest BCUT2D eigenvalue weighted by Crippen LogP contribution is -2.29. The van der Waals surface area contributed by atoms with E-state index in [1.807, 2.05) is 0 Å². The molecule has 0 aromatic heterocycles. The van der Waals surface area contributed by atoms with Gasteiger partial charge in [0.25, 0.3) is 0 Å². The Balaban J connectivity index is 1.61. The quantitative estimate of drug-likeness (QED) is 0.787. The lowest BCUT2D eigenvalue weighted by Gasteiger charge is -2.16. The molecule has 0 atom stereocenters. The Hall–Kier alpha value is -3.36. The van der Waals surface area contributed by atoms with Gasteiger partial charge in [-0.05, 0) is 48.9 Å². The first kappa shape index (κ1) is 19.4. The molecular weight excluding hydrogens is 375 g/mol. The van der Waals surface area contributed by atoms with Crippen LogP contribution < -0.4 is 15.5 Å². The molecule has 0 saturated carbocycles. The fourth-order valence-corrected chi connectivity index (χ4v) is 2.79. The number of hydrogen-bond donors (Lipinski definition) is 2. The van der Waals surface area contributed by atoms with Gasteiger partial charge in [-0.3, -0.25) is 14.4 Å². The number of alkyl halides is 3. The van der Waals surface area contributed by atoms with Gasteiger partial charge >= 0.3 is 18.0 Å². The lowest BCUT2D eigenvalue weighted by molar-refractivity contribution is -0.137. The predicted octanol–water partition coefficient (Wildman–Crippen LogP) is 3.41. The van der Waals surface area contributed by atoms with Gasteiger partial charge in [0.1, 0.15) is 0 Å². The molecule has 3 rings (SSSR count). The Bertz CT molecular complexity index is 911. The number of rotatable bonds is 3. The summed E-state index contributed by atoms with van der Waals surface area (Å²) in [7, 11) is 0. The van der Waals surface area contributed by atoms with Crippen LogP contribution in [0, 0.1) is 0 Å². The zero-order valence-corrected chi connectivity index (χ0v) is 14.5. The second-order valence-corrected chi connectivity index (χ2v) is 6.18. The van der Waals surface area contributed by atoms with Crippen LogP contribution in [0.15, 0.2) is 48.5 Å². The summed E-state index contributed by atoms with van der Waals surface area (Å²) in [6, 6.07) is 10.4. The van der Waals surface area contributed by atoms with Gasteiger partial charge in [-0.15, -0.1) is 0 Å². The Morgan fingerprint density at radius 2 is 1.57 bits per heavy atom. The number of anilines is 3. The molecule has 3 amide bonds. The topological polar surface area (TPSA) is 78.5 Å². The summed E-state index contributed by atoms with van der Waals surface area (Å²) in [4.78, 5) is 37.3. The van der Waals surface area contributed by atoms with Crippen molar-refractivity contribution in [3.8, 4) is 0 Å². The van der Waals surface area contributed by atoms with Gasteiger partial charge < -0.3 is 15.5 Å². The number of halogens is 3. The van der Waals surface area contributed by atoms with Crippen LogP contribution in [-0.4, -0.2) is 24.3 Å². The van der Waals surface area contributed by atoms with E-state index in [9.17, 15) is 27.6 Å². The van der Waals surface area contributed by atoms with Gasteiger partial charge in [-0.25, -0.2) is 0 Å². The molecule has 0 spiro atoms. The van der Waals surface area contributed by atoms with E-state index in [2.05, 4.69) is 10.6 Å². The highest BCUT2D eigenvalue weighted by Crippen LogP contribution is 2.30. The molecule has 1 fully saturated rings. The van der Waals surface area contributed by atoms with Crippen molar-refractivity contribution < 1.29 is 27.6 Å². The average molecular weight is 391 g/mol. The summed E-state index contributed by atoms with van der Waals surface area (Å²) in [5.41, 5.74) is -0.0656. The highest BCUT2D eigenvalue weighted by Gasteiger charge is 2.30. The Labute approximate surface area is 158 Å². The van der Waals surface area contributed by atoms with Crippen molar-refractivity contribution in [1.29, 1.82) is 0 Å². The molecule has 2 N–H and O–H groups in total. The third-order valence-electron chi connectivity index (χ3n) is 4.16. The fraction of sp³-hybridized carbons (Fsp3) is 0.211. The maximum absolute atomic E-state index is 12.7. The molecule has 1 aliphatic heterocycles. The SMILES string of the molecule is O=C(Nc1ccc(N2CCCC2=O)cc1)C(=O)Nc1cccc(C(F)(F)F)c1. The van der Waals surface area contributed by atoms with Gasteiger partial charge in [0, 0.05) is 30.0 Å². The number of nitrogens with zero attached hydrogens (tertiary/aromatic N) is 1. The normalized spacial score (nSPS) is 14.1. The van der Waals surface area contributed by atoms with Gasteiger partial charge in [-0.2, -0.15) is 13.2 Å². The lowest BCUT2D eigenvalue weighted by atomic mass is 10.2. The number of benzene rings is 2. The zero-order chi connectivity index (χ0) is 20.3. The van der Waals surface area contributed by atoms with Crippen molar-refractivity contribution in [1.82, 2.24) is 0 Å². The molecule has 6 nitrogen and oxygen atoms in total. The summed E-state index contributed by atoms with van der Waals surface area (Å²) in [6.07, 6.45) is -3.28. The van der Waals surface area contributed by atoms with Crippen LogP contribution in [0.2, 0.25) is 0 Å². The third-order valence-corrected chi connectivity index (χ3v) is 4.16. The molecule has 0 radical (unpaired) electrons. The smallest absolute Gasteiger partial charge is 0.318 e. The van der Waals surface area contributed by atoms with Crippen molar-refractivity contribution in [2.24, 2.45) is 0 Å². The van der Waals surface area contributed by atoms with Gasteiger partial charge in [0.15, 0.2) is 0 Å². The van der Waals surface area contributed by atoms with Crippen molar-refractivity contribution in [2.45, 2.75) is 19.0 Å². The van der Waals surface area contributed by atoms with E-state index in [1.54, 1.807) is 17.0 Å². The second kappa shape index (κ2) is 7.71. The van der Waals surface area contributed by atoms with Crippen molar-refractivity contribution in [3.63, 3.8) is 0 Å². The molecule has 0 bridgehead atoms. The van der Waals surface area contributed by atoms with E-state index in [0.717, 1.165) is 24.6 Å². The van der Waals surface area contributed by atoms with Crippen LogP contribution in [0.5, 0.6) is 0 Å². The number of nitrogens with one attached hydrogen (secondary N) is 2. The van der Waals surface area contributed by atoms with E-state index >= 15 is 0 Å². The van der Waals surface area contributed by atoms with E-state index in [-0.39, 0.29) is 11.6 Å². The number of carbonyl (C=O) groups is 3. The summed E-state index contributed by atoms with van der Waals surface area (Å²) in [5.74, 6) is -2.10. The maximum Gasteiger partial charge on any atom is 0.416 e. The molecule has 146 valence electrons. The van der Waals surface area contributed by atoms with E-state index < -0.39 is 23.6 Å². The molecule has 0 unspecified atom stereocenters. The van der Waals surface area contributed by atoms with Crippen molar-refractivity contribution in [2.75, 3.05) is 22.1 Å². The minimum atomic E-state index is -4.55. The molecule has 2 aromatic carbocycles. The first-order valence-corrected chi connectivity index (χ1v) is 8.44. The molecular formula is C19H16F3N3O3. The van der Waals surface area contributed by atoms with Crippen molar-refractivity contribution in [3.05, 3.63) is 54.1 Å². The summed E-state index contributed by atoms with van der Waals surface area (Å²) < 4.78 is 38.1. The molecule has 1 saturated heterocycles. The predicted molar refractivity (Wildman–Crippen MR) is 96.7 cm³/mol. The molecule has 9 heteroatoms. The van der Waals surface area contributed by atoms with E-state index in [0.29, 0.717) is 24.3 Å². The summed E-state index contributed by atoms with van der Waals surface area (Å²) >= 11 is 0. The Morgan fingerprint density at radius 1 is 0.929 bits per heavy atom. The highest BCUT2D eigenvalue weighted by molar-refractivity contribution is 6.43. The molecule has 1 heterocycles. The Morgan fingerprint density at radius 3 is 2.14 bits per heavy atom. The van der Waals surface area contributed by atoms with Crippen molar-refractivity contribution >= 4 is 34.8 Å². The highest BCUT2D eigenvalue weighted by atomic mass is 19.4. The van der Waals surface area contributed by atoms with Crippen LogP contribution in [0.25, 0.3) is 0 Å². The van der Waals surface area contributed by atoms with E-state index in [4.69, 9.17) is 0 Å². The molecule has 2 aromatic rings. The third kappa shape index (κ3) is 4.48. The largest absolute Gasteiger partial charge is 0.416 e. The van der Waals surface area contributed by atoms with E-state index in [1.165, 1.54) is 18.2 Å². The minimum Gasteiger partial charge on any atom is -0.318 e. The standard InChI is InChI=1S/C19H16F3N3O3/c20-19(21,22)12-3-1-4-14(11-12)24-18(28)17(27)23-13-6-8-15(9-7-13)25-10-2-5-16(25)26/h1,3-4,6-9,11H,2,5,10H2,(H,23,27)(H,24,28). The van der Waals surface area contributed by atoms with Crippen LogP contribution in [0.1, 0.15) is 18.4 Å². The fourth-order valence-electron chi connectivity index (χ4n) is 2.79.